The summed E-state index contributed by atoms with van der Waals surface area (Å²) >= 11 is 2.04. The molecule has 20 heavy (non-hydrogen) atoms. The first-order valence-corrected chi connectivity index (χ1v) is 7.79. The van der Waals surface area contributed by atoms with Gasteiger partial charge in [0.15, 0.2) is 5.82 Å². The van der Waals surface area contributed by atoms with E-state index in [4.69, 9.17) is 0 Å². The minimum atomic E-state index is 0. The lowest BCUT2D eigenvalue weighted by Crippen LogP contribution is -2.48. The topological polar surface area (TPSA) is 41.9 Å². The van der Waals surface area contributed by atoms with Crippen molar-refractivity contribution in [1.29, 1.82) is 0 Å². The number of nitrogens with one attached hydrogen (secondary N) is 2. The van der Waals surface area contributed by atoms with Crippen molar-refractivity contribution in [2.75, 3.05) is 16.9 Å². The number of nitrogens with zero attached hydrogens (tertiary/aromatic N) is 2. The first-order chi connectivity index (χ1) is 9.39. The van der Waals surface area contributed by atoms with E-state index in [0.717, 1.165) is 24.3 Å². The van der Waals surface area contributed by atoms with Gasteiger partial charge in [0.2, 0.25) is 0 Å². The smallest absolute Gasteiger partial charge is 0.164 e. The Kier molecular flexibility index (Phi) is 3.79. The van der Waals surface area contributed by atoms with Gasteiger partial charge in [0.05, 0.1) is 11.2 Å². The molecule has 0 aromatic carbocycles. The fourth-order valence-corrected chi connectivity index (χ4v) is 4.20. The molecular formula is C14H17BrN4S. The molecular weight excluding hydrogens is 336 g/mol. The standard InChI is InChI=1S/C14H16N4S.BrH/c1-3-11-13(15-7-1)16-17-14(5-9-19-10-6-14)12-4-2-8-18(11)12;/h1-4,7-8,17H,5-6,9-10H2,(H,15,16);1H. The molecule has 0 radical (unpaired) electrons. The maximum atomic E-state index is 4.44. The average Bonchev–Trinajstić information content (AvgIpc) is 2.92. The number of rotatable bonds is 0. The highest BCUT2D eigenvalue weighted by atomic mass is 79.9. The molecule has 2 aromatic heterocycles. The minimum absolute atomic E-state index is 0. The van der Waals surface area contributed by atoms with Crippen LogP contribution in [-0.4, -0.2) is 21.1 Å². The fourth-order valence-electron chi connectivity index (χ4n) is 3.01. The van der Waals surface area contributed by atoms with E-state index in [1.165, 1.54) is 17.2 Å². The summed E-state index contributed by atoms with van der Waals surface area (Å²) in [5, 5.41) is 0. The molecule has 2 aromatic rings. The summed E-state index contributed by atoms with van der Waals surface area (Å²) in [7, 11) is 0. The van der Waals surface area contributed by atoms with Gasteiger partial charge in [-0.2, -0.15) is 11.8 Å². The molecule has 2 N–H and O–H groups in total. The monoisotopic (exact) mass is 352 g/mol. The van der Waals surface area contributed by atoms with Crippen LogP contribution in [0, 0.1) is 0 Å². The normalized spacial score (nSPS) is 19.2. The Morgan fingerprint density at radius 2 is 2.05 bits per heavy atom. The van der Waals surface area contributed by atoms with Crippen LogP contribution in [0.4, 0.5) is 5.82 Å². The molecule has 1 saturated heterocycles. The van der Waals surface area contributed by atoms with Crippen molar-refractivity contribution < 1.29 is 0 Å². The summed E-state index contributed by atoms with van der Waals surface area (Å²) in [6.07, 6.45) is 6.24. The SMILES string of the molecule is Br.c1cnc2c(c1)-n1cccc1C1(CCSCC1)NN2. The third kappa shape index (κ3) is 2.06. The van der Waals surface area contributed by atoms with Gasteiger partial charge in [0, 0.05) is 18.1 Å². The van der Waals surface area contributed by atoms with Gasteiger partial charge in [0.1, 0.15) is 0 Å². The molecule has 0 bridgehead atoms. The molecule has 4 heterocycles. The molecule has 0 aliphatic carbocycles. The van der Waals surface area contributed by atoms with Crippen molar-refractivity contribution in [2.45, 2.75) is 18.4 Å². The number of hydrogen-bond donors (Lipinski definition) is 2. The first kappa shape index (κ1) is 14.0. The van der Waals surface area contributed by atoms with Gasteiger partial charge in [-0.3, -0.25) is 0 Å². The molecule has 0 unspecified atom stereocenters. The zero-order chi connectivity index (χ0) is 12.7. The van der Waals surface area contributed by atoms with E-state index >= 15 is 0 Å². The van der Waals surface area contributed by atoms with E-state index in [0.29, 0.717) is 0 Å². The number of hydrogen-bond acceptors (Lipinski definition) is 4. The Morgan fingerprint density at radius 3 is 2.90 bits per heavy atom. The van der Waals surface area contributed by atoms with E-state index in [2.05, 4.69) is 44.8 Å². The Balaban J connectivity index is 0.00000121. The molecule has 6 heteroatoms. The highest BCUT2D eigenvalue weighted by Gasteiger charge is 2.38. The van der Waals surface area contributed by atoms with Crippen LogP contribution >= 0.6 is 28.7 Å². The molecule has 0 amide bonds. The fraction of sp³-hybridized carbons (Fsp3) is 0.357. The second-order valence-electron chi connectivity index (χ2n) is 5.08. The van der Waals surface area contributed by atoms with Gasteiger partial charge < -0.3 is 9.99 Å². The van der Waals surface area contributed by atoms with Crippen molar-refractivity contribution in [3.8, 4) is 5.69 Å². The van der Waals surface area contributed by atoms with E-state index < -0.39 is 0 Å². The van der Waals surface area contributed by atoms with Crippen LogP contribution in [0.2, 0.25) is 0 Å². The Hall–Kier alpha value is -0.980. The van der Waals surface area contributed by atoms with Crippen molar-refractivity contribution in [1.82, 2.24) is 15.0 Å². The second-order valence-corrected chi connectivity index (χ2v) is 6.30. The molecule has 0 saturated carbocycles. The summed E-state index contributed by atoms with van der Waals surface area (Å²) in [5.41, 5.74) is 9.36. The van der Waals surface area contributed by atoms with Crippen molar-refractivity contribution in [3.63, 3.8) is 0 Å². The average molecular weight is 353 g/mol. The minimum Gasteiger partial charge on any atom is -0.316 e. The molecule has 4 rings (SSSR count). The van der Waals surface area contributed by atoms with Crippen LogP contribution in [0.5, 0.6) is 0 Å². The Morgan fingerprint density at radius 1 is 1.20 bits per heavy atom. The van der Waals surface area contributed by atoms with E-state index in [9.17, 15) is 0 Å². The summed E-state index contributed by atoms with van der Waals surface area (Å²) in [4.78, 5) is 4.44. The van der Waals surface area contributed by atoms with Crippen molar-refractivity contribution >= 4 is 34.6 Å². The Labute approximate surface area is 133 Å². The van der Waals surface area contributed by atoms with Crippen LogP contribution < -0.4 is 10.9 Å². The zero-order valence-corrected chi connectivity index (χ0v) is 13.5. The number of halogens is 1. The molecule has 2 aliphatic heterocycles. The van der Waals surface area contributed by atoms with Gasteiger partial charge in [-0.25, -0.2) is 10.4 Å². The van der Waals surface area contributed by atoms with Gasteiger partial charge in [-0.15, -0.1) is 17.0 Å². The number of anilines is 1. The van der Waals surface area contributed by atoms with E-state index in [1.54, 1.807) is 0 Å². The van der Waals surface area contributed by atoms with Crippen molar-refractivity contribution in [2.24, 2.45) is 0 Å². The van der Waals surface area contributed by atoms with Crippen molar-refractivity contribution in [3.05, 3.63) is 42.4 Å². The number of fused-ring (bicyclic) bond motifs is 4. The Bertz CT molecular complexity index is 607. The predicted octanol–water partition coefficient (Wildman–Crippen LogP) is 3.10. The highest BCUT2D eigenvalue weighted by Crippen LogP contribution is 2.39. The molecule has 2 aliphatic rings. The first-order valence-electron chi connectivity index (χ1n) is 6.63. The maximum Gasteiger partial charge on any atom is 0.164 e. The third-order valence-corrected chi connectivity index (χ3v) is 5.04. The number of thioether (sulfide) groups is 1. The number of hydrazine groups is 1. The van der Waals surface area contributed by atoms with Gasteiger partial charge in [0.25, 0.3) is 0 Å². The van der Waals surface area contributed by atoms with Crippen LogP contribution in [0.1, 0.15) is 18.5 Å². The molecule has 1 fully saturated rings. The lowest BCUT2D eigenvalue weighted by molar-refractivity contribution is 0.321. The quantitative estimate of drug-likeness (QED) is 0.764. The van der Waals surface area contributed by atoms with Crippen LogP contribution in [-0.2, 0) is 5.54 Å². The predicted molar refractivity (Wildman–Crippen MR) is 88.9 cm³/mol. The molecule has 0 atom stereocenters. The van der Waals surface area contributed by atoms with Gasteiger partial charge in [-0.05, 0) is 48.6 Å². The second kappa shape index (κ2) is 5.42. The van der Waals surface area contributed by atoms with Gasteiger partial charge >= 0.3 is 0 Å². The highest BCUT2D eigenvalue weighted by molar-refractivity contribution is 8.93. The number of pyridine rings is 1. The van der Waals surface area contributed by atoms with Crippen LogP contribution in [0.15, 0.2) is 36.7 Å². The zero-order valence-electron chi connectivity index (χ0n) is 11.0. The summed E-state index contributed by atoms with van der Waals surface area (Å²) < 4.78 is 2.27. The lowest BCUT2D eigenvalue weighted by atomic mass is 9.89. The van der Waals surface area contributed by atoms with E-state index in [-0.39, 0.29) is 22.5 Å². The number of aromatic nitrogens is 2. The van der Waals surface area contributed by atoms with Crippen LogP contribution in [0.25, 0.3) is 5.69 Å². The summed E-state index contributed by atoms with van der Waals surface area (Å²) in [5.74, 6) is 3.29. The maximum absolute atomic E-state index is 4.44. The summed E-state index contributed by atoms with van der Waals surface area (Å²) in [6.45, 7) is 0. The third-order valence-electron chi connectivity index (χ3n) is 4.05. The van der Waals surface area contributed by atoms with Gasteiger partial charge in [-0.1, -0.05) is 0 Å². The van der Waals surface area contributed by atoms with E-state index in [1.807, 2.05) is 24.0 Å². The summed E-state index contributed by atoms with van der Waals surface area (Å²) in [6, 6.07) is 8.45. The molecule has 1 spiro atoms. The van der Waals surface area contributed by atoms with Crippen LogP contribution in [0.3, 0.4) is 0 Å². The molecule has 106 valence electrons. The largest absolute Gasteiger partial charge is 0.316 e. The molecule has 4 nitrogen and oxygen atoms in total. The lowest BCUT2D eigenvalue weighted by Gasteiger charge is -2.37.